The van der Waals surface area contributed by atoms with E-state index in [2.05, 4.69) is 19.0 Å². The Morgan fingerprint density at radius 3 is 2.09 bits per heavy atom. The van der Waals surface area contributed by atoms with Gasteiger partial charge in [0.05, 0.1) is 12.2 Å². The van der Waals surface area contributed by atoms with Gasteiger partial charge < -0.3 is 9.64 Å². The summed E-state index contributed by atoms with van der Waals surface area (Å²) in [6.45, 7) is 0. The van der Waals surface area contributed by atoms with E-state index in [1.54, 1.807) is 0 Å². The maximum atomic E-state index is 5.75. The molecule has 64 valence electrons. The highest BCUT2D eigenvalue weighted by Crippen LogP contribution is 2.33. The van der Waals surface area contributed by atoms with Crippen LogP contribution in [0, 0.1) is 0 Å². The minimum Gasteiger partial charge on any atom is -0.375 e. The van der Waals surface area contributed by atoms with Crippen molar-refractivity contribution in [1.82, 2.24) is 4.90 Å². The summed E-state index contributed by atoms with van der Waals surface area (Å²) in [6.07, 6.45) is 6.28. The fourth-order valence-corrected chi connectivity index (χ4v) is 2.25. The molecule has 2 fully saturated rings. The molecule has 0 spiro atoms. The van der Waals surface area contributed by atoms with Gasteiger partial charge in [0.2, 0.25) is 0 Å². The lowest BCUT2D eigenvalue weighted by molar-refractivity contribution is -0.0270. The molecule has 0 aromatic heterocycles. The van der Waals surface area contributed by atoms with E-state index in [9.17, 15) is 0 Å². The van der Waals surface area contributed by atoms with E-state index in [4.69, 9.17) is 4.74 Å². The van der Waals surface area contributed by atoms with Crippen LogP contribution in [0.4, 0.5) is 0 Å². The number of hydrogen-bond acceptors (Lipinski definition) is 2. The van der Waals surface area contributed by atoms with Gasteiger partial charge in [0.15, 0.2) is 0 Å². The van der Waals surface area contributed by atoms with Gasteiger partial charge in [0, 0.05) is 6.04 Å². The highest BCUT2D eigenvalue weighted by molar-refractivity contribution is 4.87. The Morgan fingerprint density at radius 2 is 1.64 bits per heavy atom. The molecule has 0 N–H and O–H groups in total. The lowest BCUT2D eigenvalue weighted by atomic mass is 10.0. The molecule has 0 radical (unpaired) electrons. The summed E-state index contributed by atoms with van der Waals surface area (Å²) in [7, 11) is 4.35. The molecular weight excluding hydrogens is 138 g/mol. The molecule has 11 heavy (non-hydrogen) atoms. The monoisotopic (exact) mass is 155 g/mol. The standard InChI is InChI=1S/C9H17NO/c1-10(2)7-5-8-3-4-9(6-7)11-8/h7-9H,3-6H2,1-2H3/t7?,8-,9+. The van der Waals surface area contributed by atoms with Crippen molar-refractivity contribution in [2.75, 3.05) is 14.1 Å². The molecule has 2 heterocycles. The maximum Gasteiger partial charge on any atom is 0.0594 e. The van der Waals surface area contributed by atoms with Crippen LogP contribution in [0.3, 0.4) is 0 Å². The lowest BCUT2D eigenvalue weighted by Gasteiger charge is -2.32. The molecule has 0 amide bonds. The predicted molar refractivity (Wildman–Crippen MR) is 44.6 cm³/mol. The van der Waals surface area contributed by atoms with E-state index in [-0.39, 0.29) is 0 Å². The highest BCUT2D eigenvalue weighted by atomic mass is 16.5. The number of ether oxygens (including phenoxy) is 1. The van der Waals surface area contributed by atoms with Gasteiger partial charge in [0.25, 0.3) is 0 Å². The lowest BCUT2D eigenvalue weighted by Crippen LogP contribution is -2.38. The van der Waals surface area contributed by atoms with Gasteiger partial charge in [-0.25, -0.2) is 0 Å². The van der Waals surface area contributed by atoms with Gasteiger partial charge in [-0.15, -0.1) is 0 Å². The van der Waals surface area contributed by atoms with E-state index in [0.29, 0.717) is 12.2 Å². The molecule has 2 bridgehead atoms. The molecule has 0 aromatic carbocycles. The van der Waals surface area contributed by atoms with Crippen LogP contribution in [0.2, 0.25) is 0 Å². The summed E-state index contributed by atoms with van der Waals surface area (Å²) < 4.78 is 5.75. The summed E-state index contributed by atoms with van der Waals surface area (Å²) in [5.41, 5.74) is 0. The fourth-order valence-electron chi connectivity index (χ4n) is 2.25. The van der Waals surface area contributed by atoms with Gasteiger partial charge in [-0.3, -0.25) is 0 Å². The number of nitrogens with zero attached hydrogens (tertiary/aromatic N) is 1. The smallest absolute Gasteiger partial charge is 0.0594 e. The first-order valence-corrected chi connectivity index (χ1v) is 4.57. The zero-order valence-corrected chi connectivity index (χ0v) is 7.42. The van der Waals surface area contributed by atoms with Gasteiger partial charge in [-0.1, -0.05) is 0 Å². The average molecular weight is 155 g/mol. The van der Waals surface area contributed by atoms with Gasteiger partial charge in [0.1, 0.15) is 0 Å². The SMILES string of the molecule is CN(C)C1C[C@H]2CC[C@@H](C1)O2. The van der Waals surface area contributed by atoms with Crippen molar-refractivity contribution in [1.29, 1.82) is 0 Å². The van der Waals surface area contributed by atoms with Crippen molar-refractivity contribution in [2.45, 2.75) is 43.9 Å². The molecule has 0 aliphatic carbocycles. The highest BCUT2D eigenvalue weighted by Gasteiger charge is 2.35. The third-order valence-electron chi connectivity index (χ3n) is 3.00. The van der Waals surface area contributed by atoms with Crippen molar-refractivity contribution in [3.63, 3.8) is 0 Å². The summed E-state index contributed by atoms with van der Waals surface area (Å²) in [6, 6.07) is 0.779. The van der Waals surface area contributed by atoms with Crippen LogP contribution < -0.4 is 0 Å². The molecule has 1 unspecified atom stereocenters. The average Bonchev–Trinajstić information content (AvgIpc) is 2.30. The van der Waals surface area contributed by atoms with Crippen LogP contribution in [-0.2, 0) is 4.74 Å². The van der Waals surface area contributed by atoms with E-state index < -0.39 is 0 Å². The zero-order valence-electron chi connectivity index (χ0n) is 7.42. The number of rotatable bonds is 1. The Morgan fingerprint density at radius 1 is 1.09 bits per heavy atom. The molecule has 3 atom stereocenters. The van der Waals surface area contributed by atoms with Crippen LogP contribution in [-0.4, -0.2) is 37.2 Å². The van der Waals surface area contributed by atoms with Crippen LogP contribution in [0.15, 0.2) is 0 Å². The summed E-state index contributed by atoms with van der Waals surface area (Å²) >= 11 is 0. The Balaban J connectivity index is 1.97. The topological polar surface area (TPSA) is 12.5 Å². The minimum atomic E-state index is 0.584. The second-order valence-electron chi connectivity index (χ2n) is 4.05. The fraction of sp³-hybridized carbons (Fsp3) is 1.00. The largest absolute Gasteiger partial charge is 0.375 e. The number of fused-ring (bicyclic) bond motifs is 2. The second-order valence-corrected chi connectivity index (χ2v) is 4.05. The van der Waals surface area contributed by atoms with Crippen molar-refractivity contribution in [3.05, 3.63) is 0 Å². The normalized spacial score (nSPS) is 43.4. The first kappa shape index (κ1) is 7.56. The third kappa shape index (κ3) is 1.42. The summed E-state index contributed by atoms with van der Waals surface area (Å²) in [4.78, 5) is 2.34. The molecule has 2 nitrogen and oxygen atoms in total. The molecule has 2 heteroatoms. The van der Waals surface area contributed by atoms with Crippen LogP contribution in [0.25, 0.3) is 0 Å². The molecule has 2 saturated heterocycles. The maximum absolute atomic E-state index is 5.75. The molecular formula is C9H17NO. The second kappa shape index (κ2) is 2.76. The molecule has 2 rings (SSSR count). The van der Waals surface area contributed by atoms with Crippen LogP contribution in [0.1, 0.15) is 25.7 Å². The molecule has 2 aliphatic heterocycles. The summed E-state index contributed by atoms with van der Waals surface area (Å²) in [5.74, 6) is 0. The predicted octanol–water partition coefficient (Wildman–Crippen LogP) is 1.26. The Bertz CT molecular complexity index is 134. The molecule has 0 aromatic rings. The summed E-state index contributed by atoms with van der Waals surface area (Å²) in [5, 5.41) is 0. The van der Waals surface area contributed by atoms with E-state index >= 15 is 0 Å². The van der Waals surface area contributed by atoms with Crippen molar-refractivity contribution in [3.8, 4) is 0 Å². The quantitative estimate of drug-likeness (QED) is 0.565. The van der Waals surface area contributed by atoms with Crippen molar-refractivity contribution in [2.24, 2.45) is 0 Å². The van der Waals surface area contributed by atoms with Gasteiger partial charge in [-0.05, 0) is 39.8 Å². The third-order valence-corrected chi connectivity index (χ3v) is 3.00. The van der Waals surface area contributed by atoms with Crippen molar-refractivity contribution < 1.29 is 4.74 Å². The number of hydrogen-bond donors (Lipinski definition) is 0. The Hall–Kier alpha value is -0.0800. The van der Waals surface area contributed by atoms with Gasteiger partial charge >= 0.3 is 0 Å². The first-order chi connectivity index (χ1) is 5.25. The van der Waals surface area contributed by atoms with Gasteiger partial charge in [-0.2, -0.15) is 0 Å². The van der Waals surface area contributed by atoms with Crippen LogP contribution in [0.5, 0.6) is 0 Å². The Kier molecular flexibility index (Phi) is 1.90. The molecule has 2 aliphatic rings. The zero-order chi connectivity index (χ0) is 7.84. The minimum absolute atomic E-state index is 0.584. The van der Waals surface area contributed by atoms with Crippen LogP contribution >= 0.6 is 0 Å². The van der Waals surface area contributed by atoms with E-state index in [0.717, 1.165) is 6.04 Å². The van der Waals surface area contributed by atoms with E-state index in [1.807, 2.05) is 0 Å². The Labute approximate surface area is 68.5 Å². The first-order valence-electron chi connectivity index (χ1n) is 4.57. The van der Waals surface area contributed by atoms with Crippen molar-refractivity contribution >= 4 is 0 Å². The molecule has 0 saturated carbocycles. The van der Waals surface area contributed by atoms with E-state index in [1.165, 1.54) is 25.7 Å².